The van der Waals surface area contributed by atoms with Crippen molar-refractivity contribution < 1.29 is 14.3 Å². The Morgan fingerprint density at radius 3 is 2.59 bits per heavy atom. The highest BCUT2D eigenvalue weighted by atomic mass is 16.5. The molecule has 1 aliphatic carbocycles. The predicted molar refractivity (Wildman–Crippen MR) is 63.3 cm³/mol. The van der Waals surface area contributed by atoms with Crippen LogP contribution in [0.4, 0.5) is 0 Å². The molecule has 0 spiro atoms. The van der Waals surface area contributed by atoms with Gasteiger partial charge in [-0.15, -0.1) is 0 Å². The van der Waals surface area contributed by atoms with Gasteiger partial charge in [-0.25, -0.2) is 0 Å². The second-order valence-corrected chi connectivity index (χ2v) is 5.20. The third kappa shape index (κ3) is 2.99. The number of nitrogens with zero attached hydrogens (tertiary/aromatic N) is 1. The molecule has 4 nitrogen and oxygen atoms in total. The molecule has 1 aliphatic heterocycles. The van der Waals surface area contributed by atoms with Gasteiger partial charge in [-0.2, -0.15) is 0 Å². The number of carbonyl (C=O) groups is 2. The SMILES string of the molecule is COC(=O)[C@H]1CCCN(C(=O)CC2CCC2)C1. The molecule has 0 aromatic heterocycles. The van der Waals surface area contributed by atoms with Crippen LogP contribution in [0.1, 0.15) is 38.5 Å². The van der Waals surface area contributed by atoms with Gasteiger partial charge in [0.1, 0.15) is 0 Å². The summed E-state index contributed by atoms with van der Waals surface area (Å²) in [5, 5.41) is 0. The minimum atomic E-state index is -0.175. The zero-order valence-corrected chi connectivity index (χ0v) is 10.5. The van der Waals surface area contributed by atoms with Gasteiger partial charge in [-0.1, -0.05) is 6.42 Å². The number of carbonyl (C=O) groups excluding carboxylic acids is 2. The average molecular weight is 239 g/mol. The summed E-state index contributed by atoms with van der Waals surface area (Å²) in [7, 11) is 1.41. The lowest BCUT2D eigenvalue weighted by molar-refractivity contribution is -0.149. The van der Waals surface area contributed by atoms with E-state index in [9.17, 15) is 9.59 Å². The number of hydrogen-bond donors (Lipinski definition) is 0. The number of piperidine rings is 1. The molecule has 1 saturated carbocycles. The van der Waals surface area contributed by atoms with E-state index in [0.29, 0.717) is 18.9 Å². The van der Waals surface area contributed by atoms with Crippen molar-refractivity contribution in [2.24, 2.45) is 11.8 Å². The molecule has 2 rings (SSSR count). The van der Waals surface area contributed by atoms with Crippen LogP contribution in [-0.2, 0) is 14.3 Å². The fourth-order valence-electron chi connectivity index (χ4n) is 2.64. The Morgan fingerprint density at radius 2 is 2.00 bits per heavy atom. The Morgan fingerprint density at radius 1 is 1.24 bits per heavy atom. The summed E-state index contributed by atoms with van der Waals surface area (Å²) < 4.78 is 4.75. The minimum absolute atomic E-state index is 0.112. The van der Waals surface area contributed by atoms with Crippen LogP contribution in [0.3, 0.4) is 0 Å². The molecule has 0 unspecified atom stereocenters. The molecule has 1 atom stereocenters. The summed E-state index contributed by atoms with van der Waals surface area (Å²) in [5.74, 6) is 0.537. The molecule has 4 heteroatoms. The first-order valence-electron chi connectivity index (χ1n) is 6.56. The molecule has 0 aromatic rings. The molecule has 0 aromatic carbocycles. The zero-order chi connectivity index (χ0) is 12.3. The topological polar surface area (TPSA) is 46.6 Å². The first-order chi connectivity index (χ1) is 8.20. The van der Waals surface area contributed by atoms with Crippen LogP contribution in [-0.4, -0.2) is 37.0 Å². The molecular weight excluding hydrogens is 218 g/mol. The van der Waals surface area contributed by atoms with Crippen molar-refractivity contribution in [3.8, 4) is 0 Å². The van der Waals surface area contributed by atoms with Gasteiger partial charge in [0.25, 0.3) is 0 Å². The van der Waals surface area contributed by atoms with Crippen LogP contribution in [0.15, 0.2) is 0 Å². The second-order valence-electron chi connectivity index (χ2n) is 5.20. The van der Waals surface area contributed by atoms with Crippen LogP contribution in [0, 0.1) is 11.8 Å². The number of methoxy groups -OCH3 is 1. The van der Waals surface area contributed by atoms with E-state index in [-0.39, 0.29) is 17.8 Å². The lowest BCUT2D eigenvalue weighted by Gasteiger charge is -2.33. The Labute approximate surface area is 102 Å². The van der Waals surface area contributed by atoms with Gasteiger partial charge in [0.2, 0.25) is 5.91 Å². The lowest BCUT2D eigenvalue weighted by Crippen LogP contribution is -2.43. The zero-order valence-electron chi connectivity index (χ0n) is 10.5. The van der Waals surface area contributed by atoms with Crippen LogP contribution in [0.2, 0.25) is 0 Å². The number of amides is 1. The third-order valence-electron chi connectivity index (χ3n) is 4.00. The highest BCUT2D eigenvalue weighted by Gasteiger charge is 2.30. The summed E-state index contributed by atoms with van der Waals surface area (Å²) in [4.78, 5) is 25.3. The second kappa shape index (κ2) is 5.52. The molecule has 2 fully saturated rings. The smallest absolute Gasteiger partial charge is 0.310 e. The third-order valence-corrected chi connectivity index (χ3v) is 4.00. The van der Waals surface area contributed by atoms with Crippen LogP contribution in [0.5, 0.6) is 0 Å². The highest BCUT2D eigenvalue weighted by Crippen LogP contribution is 2.30. The summed E-state index contributed by atoms with van der Waals surface area (Å²) in [6.45, 7) is 1.36. The van der Waals surface area contributed by atoms with E-state index in [1.807, 2.05) is 4.90 Å². The van der Waals surface area contributed by atoms with E-state index in [4.69, 9.17) is 4.74 Å². The molecule has 96 valence electrons. The summed E-state index contributed by atoms with van der Waals surface area (Å²) in [6, 6.07) is 0. The van der Waals surface area contributed by atoms with E-state index in [2.05, 4.69) is 0 Å². The van der Waals surface area contributed by atoms with Crippen molar-refractivity contribution >= 4 is 11.9 Å². The van der Waals surface area contributed by atoms with Crippen LogP contribution < -0.4 is 0 Å². The first kappa shape index (κ1) is 12.4. The fourth-order valence-corrected chi connectivity index (χ4v) is 2.64. The van der Waals surface area contributed by atoms with Gasteiger partial charge in [-0.05, 0) is 31.6 Å². The number of esters is 1. The Kier molecular flexibility index (Phi) is 4.02. The number of hydrogen-bond acceptors (Lipinski definition) is 3. The molecule has 1 amide bonds. The largest absolute Gasteiger partial charge is 0.469 e. The van der Waals surface area contributed by atoms with Gasteiger partial charge in [0, 0.05) is 19.5 Å². The fraction of sp³-hybridized carbons (Fsp3) is 0.846. The normalized spacial score (nSPS) is 25.2. The Bertz CT molecular complexity index is 299. The van der Waals surface area contributed by atoms with Crippen molar-refractivity contribution in [2.45, 2.75) is 38.5 Å². The van der Waals surface area contributed by atoms with Crippen molar-refractivity contribution in [3.63, 3.8) is 0 Å². The van der Waals surface area contributed by atoms with Gasteiger partial charge < -0.3 is 9.64 Å². The maximum atomic E-state index is 12.0. The van der Waals surface area contributed by atoms with E-state index < -0.39 is 0 Å². The van der Waals surface area contributed by atoms with Crippen LogP contribution in [0.25, 0.3) is 0 Å². The maximum absolute atomic E-state index is 12.0. The minimum Gasteiger partial charge on any atom is -0.469 e. The van der Waals surface area contributed by atoms with Crippen molar-refractivity contribution in [3.05, 3.63) is 0 Å². The monoisotopic (exact) mass is 239 g/mol. The standard InChI is InChI=1S/C13H21NO3/c1-17-13(16)11-6-3-7-14(9-11)12(15)8-10-4-2-5-10/h10-11H,2-9H2,1H3/t11-/m0/s1. The molecule has 0 radical (unpaired) electrons. The number of rotatable bonds is 3. The van der Waals surface area contributed by atoms with Crippen molar-refractivity contribution in [1.29, 1.82) is 0 Å². The molecule has 1 heterocycles. The van der Waals surface area contributed by atoms with E-state index in [0.717, 1.165) is 19.4 Å². The van der Waals surface area contributed by atoms with E-state index in [1.165, 1.54) is 26.4 Å². The van der Waals surface area contributed by atoms with Crippen molar-refractivity contribution in [2.75, 3.05) is 20.2 Å². The lowest BCUT2D eigenvalue weighted by atomic mass is 9.82. The van der Waals surface area contributed by atoms with Gasteiger partial charge in [0.15, 0.2) is 0 Å². The van der Waals surface area contributed by atoms with E-state index >= 15 is 0 Å². The predicted octanol–water partition coefficient (Wildman–Crippen LogP) is 1.59. The molecule has 17 heavy (non-hydrogen) atoms. The molecule has 2 aliphatic rings. The Hall–Kier alpha value is -1.06. The Balaban J connectivity index is 1.83. The number of ether oxygens (including phenoxy) is 1. The molecule has 1 saturated heterocycles. The molecule has 0 N–H and O–H groups in total. The maximum Gasteiger partial charge on any atom is 0.310 e. The highest BCUT2D eigenvalue weighted by molar-refractivity contribution is 5.78. The van der Waals surface area contributed by atoms with Crippen molar-refractivity contribution in [1.82, 2.24) is 4.90 Å². The summed E-state index contributed by atoms with van der Waals surface area (Å²) in [5.41, 5.74) is 0. The summed E-state index contributed by atoms with van der Waals surface area (Å²) >= 11 is 0. The molecule has 0 bridgehead atoms. The quantitative estimate of drug-likeness (QED) is 0.703. The molecular formula is C13H21NO3. The van der Waals surface area contributed by atoms with Gasteiger partial charge in [0.05, 0.1) is 13.0 Å². The van der Waals surface area contributed by atoms with Crippen LogP contribution >= 0.6 is 0 Å². The van der Waals surface area contributed by atoms with Gasteiger partial charge in [-0.3, -0.25) is 9.59 Å². The average Bonchev–Trinajstić information content (AvgIpc) is 2.32. The summed E-state index contributed by atoms with van der Waals surface area (Å²) in [6.07, 6.45) is 6.09. The van der Waals surface area contributed by atoms with Gasteiger partial charge >= 0.3 is 5.97 Å². The number of likely N-dealkylation sites (tertiary alicyclic amines) is 1. The first-order valence-corrected chi connectivity index (χ1v) is 6.56. The van der Waals surface area contributed by atoms with E-state index in [1.54, 1.807) is 0 Å².